The van der Waals surface area contributed by atoms with Crippen molar-refractivity contribution in [1.82, 2.24) is 4.73 Å². The monoisotopic (exact) mass is 146 g/mol. The van der Waals surface area contributed by atoms with Crippen LogP contribution >= 0.6 is 0 Å². The number of hydrogen-bond donors (Lipinski definition) is 0. The molecule has 0 saturated heterocycles. The Morgan fingerprint density at radius 3 is 2.73 bits per heavy atom. The number of aromatic nitrogens is 1. The maximum atomic E-state index is 11.1. The summed E-state index contributed by atoms with van der Waals surface area (Å²) in [5.41, 5.74) is 0.778. The van der Waals surface area contributed by atoms with E-state index < -0.39 is 0 Å². The first-order chi connectivity index (χ1) is 5.29. The van der Waals surface area contributed by atoms with Crippen LogP contribution in [-0.2, 0) is 0 Å². The van der Waals surface area contributed by atoms with Crippen molar-refractivity contribution in [2.45, 2.75) is 6.92 Å². The Bertz CT molecular complexity index is 389. The second-order valence-corrected chi connectivity index (χ2v) is 2.63. The summed E-state index contributed by atoms with van der Waals surface area (Å²) in [7, 11) is 0. The van der Waals surface area contributed by atoms with E-state index in [2.05, 4.69) is 0 Å². The highest BCUT2D eigenvalue weighted by Gasteiger charge is 1.96. The van der Waals surface area contributed by atoms with Gasteiger partial charge >= 0.3 is 0 Å². The van der Waals surface area contributed by atoms with Gasteiger partial charge in [-0.2, -0.15) is 0 Å². The summed E-state index contributed by atoms with van der Waals surface area (Å²) in [5.74, 6) is 0. The van der Waals surface area contributed by atoms with Crippen molar-refractivity contribution >= 4 is 10.8 Å². The van der Waals surface area contributed by atoms with Crippen LogP contribution in [-0.4, -0.2) is 4.73 Å². The third-order valence-electron chi connectivity index (χ3n) is 1.94. The van der Waals surface area contributed by atoms with Gasteiger partial charge in [0.1, 0.15) is 0 Å². The Hall–Kier alpha value is -1.44. The molecule has 0 bridgehead atoms. The Morgan fingerprint density at radius 2 is 2.00 bits per heavy atom. The molecule has 0 aliphatic rings. The van der Waals surface area contributed by atoms with Crippen molar-refractivity contribution < 1.29 is 0 Å². The molecule has 0 atom stereocenters. The standard InChI is InChI=1S/C9H8NO/c1-7-9-5-3-2-4-8(9)6-10(7)11/h2-6H,1H3/q-1. The fourth-order valence-electron chi connectivity index (χ4n) is 1.28. The van der Waals surface area contributed by atoms with E-state index in [0.717, 1.165) is 21.2 Å². The summed E-state index contributed by atoms with van der Waals surface area (Å²) >= 11 is 0. The molecule has 1 aromatic heterocycles. The van der Waals surface area contributed by atoms with Crippen molar-refractivity contribution in [2.24, 2.45) is 0 Å². The number of nitrogens with zero attached hydrogens (tertiary/aromatic N) is 1. The van der Waals surface area contributed by atoms with Gasteiger partial charge in [0.15, 0.2) is 0 Å². The van der Waals surface area contributed by atoms with Gasteiger partial charge in [-0.3, -0.25) is 0 Å². The topological polar surface area (TPSA) is 28.0 Å². The maximum absolute atomic E-state index is 11.1. The molecule has 0 aliphatic heterocycles. The van der Waals surface area contributed by atoms with E-state index in [0.29, 0.717) is 0 Å². The summed E-state index contributed by atoms with van der Waals surface area (Å²) in [5, 5.41) is 13.1. The highest BCUT2D eigenvalue weighted by molar-refractivity contribution is 5.85. The van der Waals surface area contributed by atoms with Crippen LogP contribution in [0.15, 0.2) is 30.5 Å². The first kappa shape index (κ1) is 6.28. The largest absolute Gasteiger partial charge is 0.806 e. The van der Waals surface area contributed by atoms with Crippen LogP contribution in [0.3, 0.4) is 0 Å². The van der Waals surface area contributed by atoms with Gasteiger partial charge in [-0.25, -0.2) is 0 Å². The zero-order valence-electron chi connectivity index (χ0n) is 6.24. The van der Waals surface area contributed by atoms with Gasteiger partial charge in [0, 0.05) is 17.3 Å². The van der Waals surface area contributed by atoms with Gasteiger partial charge in [0.05, 0.1) is 0 Å². The lowest BCUT2D eigenvalue weighted by Gasteiger charge is -2.06. The Kier molecular flexibility index (Phi) is 1.15. The van der Waals surface area contributed by atoms with Gasteiger partial charge in [-0.1, -0.05) is 24.3 Å². The molecule has 0 spiro atoms. The molecule has 2 heteroatoms. The summed E-state index contributed by atoms with van der Waals surface area (Å²) in [6, 6.07) is 7.77. The third-order valence-corrected chi connectivity index (χ3v) is 1.94. The summed E-state index contributed by atoms with van der Waals surface area (Å²) < 4.78 is 0.907. The molecule has 0 aliphatic carbocycles. The van der Waals surface area contributed by atoms with Crippen LogP contribution in [0.2, 0.25) is 0 Å². The van der Waals surface area contributed by atoms with Gasteiger partial charge in [0.25, 0.3) is 0 Å². The molecular weight excluding hydrogens is 138 g/mol. The zero-order valence-corrected chi connectivity index (χ0v) is 6.24. The van der Waals surface area contributed by atoms with Crippen LogP contribution < -0.4 is 0 Å². The molecule has 1 heterocycles. The quantitative estimate of drug-likeness (QED) is 0.560. The lowest BCUT2D eigenvalue weighted by atomic mass is 10.2. The van der Waals surface area contributed by atoms with E-state index in [1.165, 1.54) is 0 Å². The Morgan fingerprint density at radius 1 is 1.27 bits per heavy atom. The van der Waals surface area contributed by atoms with Gasteiger partial charge in [-0.05, 0) is 12.3 Å². The van der Waals surface area contributed by atoms with Crippen LogP contribution in [0.25, 0.3) is 10.8 Å². The molecule has 0 amide bonds. The minimum Gasteiger partial charge on any atom is -0.806 e. The predicted molar refractivity (Wildman–Crippen MR) is 45.4 cm³/mol. The Labute approximate surface area is 64.6 Å². The lowest BCUT2D eigenvalue weighted by Crippen LogP contribution is -1.83. The van der Waals surface area contributed by atoms with E-state index in [9.17, 15) is 5.21 Å². The first-order valence-electron chi connectivity index (χ1n) is 3.53. The molecule has 2 nitrogen and oxygen atoms in total. The van der Waals surface area contributed by atoms with Crippen molar-refractivity contribution in [3.05, 3.63) is 41.4 Å². The number of benzene rings is 1. The molecule has 0 fully saturated rings. The number of fused-ring (bicyclic) bond motifs is 1. The van der Waals surface area contributed by atoms with Crippen LogP contribution in [0.5, 0.6) is 0 Å². The number of hydrogen-bond acceptors (Lipinski definition) is 1. The summed E-state index contributed by atoms with van der Waals surface area (Å²) in [6.07, 6.45) is 1.60. The second kappa shape index (κ2) is 2.02. The molecule has 11 heavy (non-hydrogen) atoms. The molecule has 2 rings (SSSR count). The average Bonchev–Trinajstić information content (AvgIpc) is 2.30. The number of rotatable bonds is 0. The van der Waals surface area contributed by atoms with Crippen LogP contribution in [0.4, 0.5) is 0 Å². The molecule has 2 aromatic rings. The van der Waals surface area contributed by atoms with Crippen molar-refractivity contribution in [1.29, 1.82) is 0 Å². The molecule has 0 radical (unpaired) electrons. The molecule has 56 valence electrons. The highest BCUT2D eigenvalue weighted by atomic mass is 16.5. The Balaban J connectivity index is 2.92. The van der Waals surface area contributed by atoms with Gasteiger partial charge in [-0.15, -0.1) is 0 Å². The highest BCUT2D eigenvalue weighted by Crippen LogP contribution is 2.18. The second-order valence-electron chi connectivity index (χ2n) is 2.63. The number of aryl methyl sites for hydroxylation is 1. The fraction of sp³-hybridized carbons (Fsp3) is 0.111. The summed E-state index contributed by atoms with van der Waals surface area (Å²) in [4.78, 5) is 0. The molecular formula is C9H8NO-. The van der Waals surface area contributed by atoms with E-state index in [1.807, 2.05) is 31.2 Å². The van der Waals surface area contributed by atoms with Crippen molar-refractivity contribution in [3.63, 3.8) is 0 Å². The van der Waals surface area contributed by atoms with Crippen molar-refractivity contribution in [2.75, 3.05) is 0 Å². The average molecular weight is 146 g/mol. The summed E-state index contributed by atoms with van der Waals surface area (Å²) in [6.45, 7) is 1.83. The minimum atomic E-state index is 0.778. The van der Waals surface area contributed by atoms with Crippen LogP contribution in [0.1, 0.15) is 5.69 Å². The smallest absolute Gasteiger partial charge is 0.0174 e. The molecule has 0 unspecified atom stereocenters. The van der Waals surface area contributed by atoms with E-state index in [-0.39, 0.29) is 0 Å². The predicted octanol–water partition coefficient (Wildman–Crippen LogP) is 2.30. The van der Waals surface area contributed by atoms with E-state index in [1.54, 1.807) is 6.20 Å². The molecule has 0 N–H and O–H groups in total. The fourth-order valence-corrected chi connectivity index (χ4v) is 1.28. The first-order valence-corrected chi connectivity index (χ1v) is 3.53. The van der Waals surface area contributed by atoms with Gasteiger partial charge < -0.3 is 9.94 Å². The third kappa shape index (κ3) is 0.792. The molecule has 0 saturated carbocycles. The van der Waals surface area contributed by atoms with Gasteiger partial charge in [0.2, 0.25) is 0 Å². The zero-order chi connectivity index (χ0) is 7.84. The molecule has 1 aromatic carbocycles. The van der Waals surface area contributed by atoms with Crippen molar-refractivity contribution in [3.8, 4) is 0 Å². The normalized spacial score (nSPS) is 10.6. The maximum Gasteiger partial charge on any atom is 0.0174 e. The van der Waals surface area contributed by atoms with E-state index >= 15 is 0 Å². The van der Waals surface area contributed by atoms with E-state index in [4.69, 9.17) is 0 Å². The minimum absolute atomic E-state index is 0.778. The van der Waals surface area contributed by atoms with Crippen LogP contribution in [0, 0.1) is 12.1 Å². The SMILES string of the molecule is Cc1c2ccccc2cn1[O-]. The lowest BCUT2D eigenvalue weighted by molar-refractivity contribution is 1.04.